The number of carbonyl (C=O) groups excluding carboxylic acids is 2. The molecule has 3 rings (SSSR count). The Bertz CT molecular complexity index is 1140. The largest absolute Gasteiger partial charge is 0.484 e. The average molecular weight is 491 g/mol. The minimum atomic E-state index is -0.857. The quantitative estimate of drug-likeness (QED) is 0.418. The molecule has 1 N–H and O–H groups in total. The van der Waals surface area contributed by atoms with Crippen molar-refractivity contribution >= 4 is 11.8 Å². The van der Waals surface area contributed by atoms with Crippen LogP contribution in [0.4, 0.5) is 4.39 Å². The standard InChI is InChI=1S/C30H35FN2O3/c1-5-22-15-17-25(18-16-22)36-21-28(34)33(20-24-13-9-10-14-26(24)31)27(29(35)32-30(2,3)4)19-23-11-7-6-8-12-23/h6-18,27H,5,19-21H2,1-4H3,(H,32,35)/t27-/m0/s1. The number of hydrogen-bond donors (Lipinski definition) is 1. The molecule has 190 valence electrons. The molecule has 0 unspecified atom stereocenters. The van der Waals surface area contributed by atoms with Gasteiger partial charge in [0.1, 0.15) is 17.6 Å². The molecule has 36 heavy (non-hydrogen) atoms. The molecule has 1 atom stereocenters. The van der Waals surface area contributed by atoms with Gasteiger partial charge in [0.25, 0.3) is 5.91 Å². The third kappa shape index (κ3) is 7.94. The minimum Gasteiger partial charge on any atom is -0.484 e. The molecular weight excluding hydrogens is 455 g/mol. The predicted octanol–water partition coefficient (Wildman–Crippen LogP) is 5.32. The summed E-state index contributed by atoms with van der Waals surface area (Å²) in [6, 6.07) is 22.5. The number of nitrogens with zero attached hydrogens (tertiary/aromatic N) is 1. The van der Waals surface area contributed by atoms with E-state index in [-0.39, 0.29) is 25.5 Å². The van der Waals surface area contributed by atoms with Gasteiger partial charge in [-0.15, -0.1) is 0 Å². The van der Waals surface area contributed by atoms with Crippen LogP contribution in [-0.2, 0) is 29.0 Å². The molecule has 0 bridgehead atoms. The fourth-order valence-electron chi connectivity index (χ4n) is 3.87. The first-order valence-corrected chi connectivity index (χ1v) is 12.3. The number of hydrogen-bond acceptors (Lipinski definition) is 3. The summed E-state index contributed by atoms with van der Waals surface area (Å²) in [5.74, 6) is -0.572. The van der Waals surface area contributed by atoms with Crippen LogP contribution in [0.15, 0.2) is 78.9 Å². The first-order valence-electron chi connectivity index (χ1n) is 12.3. The first kappa shape index (κ1) is 26.9. The van der Waals surface area contributed by atoms with Gasteiger partial charge in [0, 0.05) is 24.1 Å². The lowest BCUT2D eigenvalue weighted by Crippen LogP contribution is -2.55. The third-order valence-electron chi connectivity index (χ3n) is 5.76. The van der Waals surface area contributed by atoms with Gasteiger partial charge in [0.15, 0.2) is 6.61 Å². The van der Waals surface area contributed by atoms with E-state index in [9.17, 15) is 14.0 Å². The third-order valence-corrected chi connectivity index (χ3v) is 5.76. The second-order valence-corrected chi connectivity index (χ2v) is 9.84. The van der Waals surface area contributed by atoms with Crippen molar-refractivity contribution in [3.63, 3.8) is 0 Å². The molecule has 0 spiro atoms. The van der Waals surface area contributed by atoms with Crippen LogP contribution in [0.1, 0.15) is 44.4 Å². The van der Waals surface area contributed by atoms with Crippen LogP contribution < -0.4 is 10.1 Å². The number of carbonyl (C=O) groups is 2. The van der Waals surface area contributed by atoms with Gasteiger partial charge in [-0.2, -0.15) is 0 Å². The van der Waals surface area contributed by atoms with E-state index in [1.54, 1.807) is 18.2 Å². The van der Waals surface area contributed by atoms with Crippen molar-refractivity contribution in [1.82, 2.24) is 10.2 Å². The van der Waals surface area contributed by atoms with Gasteiger partial charge in [-0.3, -0.25) is 9.59 Å². The Morgan fingerprint density at radius 3 is 2.17 bits per heavy atom. The molecule has 3 aromatic rings. The number of ether oxygens (including phenoxy) is 1. The van der Waals surface area contributed by atoms with Gasteiger partial charge < -0.3 is 15.0 Å². The van der Waals surface area contributed by atoms with E-state index >= 15 is 0 Å². The molecular formula is C30H35FN2O3. The smallest absolute Gasteiger partial charge is 0.261 e. The molecule has 0 fully saturated rings. The molecule has 3 aromatic carbocycles. The molecule has 0 aliphatic rings. The maximum absolute atomic E-state index is 14.6. The molecule has 0 aliphatic heterocycles. The Morgan fingerprint density at radius 2 is 1.56 bits per heavy atom. The highest BCUT2D eigenvalue weighted by Crippen LogP contribution is 2.19. The van der Waals surface area contributed by atoms with E-state index in [0.29, 0.717) is 11.3 Å². The highest BCUT2D eigenvalue weighted by atomic mass is 19.1. The molecule has 2 amide bonds. The van der Waals surface area contributed by atoms with Gasteiger partial charge >= 0.3 is 0 Å². The van der Waals surface area contributed by atoms with Crippen molar-refractivity contribution in [2.24, 2.45) is 0 Å². The summed E-state index contributed by atoms with van der Waals surface area (Å²) in [6.45, 7) is 7.39. The van der Waals surface area contributed by atoms with Crippen LogP contribution in [0.2, 0.25) is 0 Å². The summed E-state index contributed by atoms with van der Waals surface area (Å²) in [6.07, 6.45) is 1.19. The molecule has 0 aromatic heterocycles. The fraction of sp³-hybridized carbons (Fsp3) is 0.333. The Hall–Kier alpha value is -3.67. The topological polar surface area (TPSA) is 58.6 Å². The van der Waals surface area contributed by atoms with Crippen LogP contribution in [0, 0.1) is 5.82 Å². The highest BCUT2D eigenvalue weighted by molar-refractivity contribution is 5.89. The van der Waals surface area contributed by atoms with E-state index in [1.807, 2.05) is 75.4 Å². The molecule has 0 aliphatic carbocycles. The molecule has 0 heterocycles. The van der Waals surface area contributed by atoms with Crippen molar-refractivity contribution in [2.75, 3.05) is 6.61 Å². The number of nitrogens with one attached hydrogen (secondary N) is 1. The number of aryl methyl sites for hydroxylation is 1. The number of benzene rings is 3. The van der Waals surface area contributed by atoms with E-state index < -0.39 is 23.3 Å². The second kappa shape index (κ2) is 12.3. The number of amides is 2. The summed E-state index contributed by atoms with van der Waals surface area (Å²) >= 11 is 0. The zero-order chi connectivity index (χ0) is 26.1. The van der Waals surface area contributed by atoms with Crippen molar-refractivity contribution < 1.29 is 18.7 Å². The van der Waals surface area contributed by atoms with Gasteiger partial charge in [-0.25, -0.2) is 4.39 Å². The summed E-state index contributed by atoms with van der Waals surface area (Å²) in [5.41, 5.74) is 1.89. The molecule has 0 radical (unpaired) electrons. The zero-order valence-corrected chi connectivity index (χ0v) is 21.5. The second-order valence-electron chi connectivity index (χ2n) is 9.84. The molecule has 0 saturated heterocycles. The van der Waals surface area contributed by atoms with Crippen LogP contribution in [0.5, 0.6) is 5.75 Å². The lowest BCUT2D eigenvalue weighted by atomic mass is 10.0. The zero-order valence-electron chi connectivity index (χ0n) is 21.5. The summed E-state index contributed by atoms with van der Waals surface area (Å²) in [5, 5.41) is 2.99. The Morgan fingerprint density at radius 1 is 0.917 bits per heavy atom. The minimum absolute atomic E-state index is 0.0568. The lowest BCUT2D eigenvalue weighted by Gasteiger charge is -2.33. The number of halogens is 1. The number of rotatable bonds is 10. The Balaban J connectivity index is 1.92. The maximum atomic E-state index is 14.6. The van der Waals surface area contributed by atoms with Crippen molar-refractivity contribution in [3.8, 4) is 5.75 Å². The van der Waals surface area contributed by atoms with Crippen LogP contribution >= 0.6 is 0 Å². The Kier molecular flexibility index (Phi) is 9.23. The normalized spacial score (nSPS) is 12.0. The maximum Gasteiger partial charge on any atom is 0.261 e. The predicted molar refractivity (Wildman–Crippen MR) is 140 cm³/mol. The Labute approximate surface area is 213 Å². The van der Waals surface area contributed by atoms with Crippen molar-refractivity contribution in [3.05, 3.63) is 101 Å². The summed E-state index contributed by atoms with van der Waals surface area (Å²) in [7, 11) is 0. The van der Waals surface area contributed by atoms with E-state index in [1.165, 1.54) is 11.0 Å². The lowest BCUT2D eigenvalue weighted by molar-refractivity contribution is -0.143. The van der Waals surface area contributed by atoms with E-state index in [0.717, 1.165) is 17.5 Å². The van der Waals surface area contributed by atoms with Gasteiger partial charge in [-0.1, -0.05) is 67.6 Å². The first-order chi connectivity index (χ1) is 17.2. The van der Waals surface area contributed by atoms with Crippen molar-refractivity contribution in [2.45, 2.75) is 58.7 Å². The monoisotopic (exact) mass is 490 g/mol. The fourth-order valence-corrected chi connectivity index (χ4v) is 3.87. The molecule has 0 saturated carbocycles. The van der Waals surface area contributed by atoms with Gasteiger partial charge in [0.05, 0.1) is 0 Å². The average Bonchev–Trinajstić information content (AvgIpc) is 2.85. The van der Waals surface area contributed by atoms with Gasteiger partial charge in [0.2, 0.25) is 5.91 Å². The summed E-state index contributed by atoms with van der Waals surface area (Å²) in [4.78, 5) is 28.5. The highest BCUT2D eigenvalue weighted by Gasteiger charge is 2.32. The van der Waals surface area contributed by atoms with Crippen LogP contribution in [0.3, 0.4) is 0 Å². The SMILES string of the molecule is CCc1ccc(OCC(=O)N(Cc2ccccc2F)[C@@H](Cc2ccccc2)C(=O)NC(C)(C)C)cc1. The van der Waals surface area contributed by atoms with Crippen LogP contribution in [0.25, 0.3) is 0 Å². The molecule has 5 nitrogen and oxygen atoms in total. The van der Waals surface area contributed by atoms with E-state index in [2.05, 4.69) is 12.2 Å². The molecule has 6 heteroatoms. The summed E-state index contributed by atoms with van der Waals surface area (Å²) < 4.78 is 20.4. The van der Waals surface area contributed by atoms with E-state index in [4.69, 9.17) is 4.74 Å². The van der Waals surface area contributed by atoms with Gasteiger partial charge in [-0.05, 0) is 56.5 Å². The van der Waals surface area contributed by atoms with Crippen molar-refractivity contribution in [1.29, 1.82) is 0 Å². The van der Waals surface area contributed by atoms with Crippen LogP contribution in [-0.4, -0.2) is 34.9 Å².